The molecule has 1 heterocycles. The van der Waals surface area contributed by atoms with Gasteiger partial charge in [0.05, 0.1) is 11.4 Å². The summed E-state index contributed by atoms with van der Waals surface area (Å²) in [5.41, 5.74) is 0.780. The molecular weight excluding hydrogens is 216 g/mol. The normalized spacial score (nSPS) is 11.8. The highest BCUT2D eigenvalue weighted by Gasteiger charge is 2.08. The van der Waals surface area contributed by atoms with Crippen molar-refractivity contribution in [2.75, 3.05) is 18.1 Å². The van der Waals surface area contributed by atoms with Crippen LogP contribution < -0.4 is 5.32 Å². The van der Waals surface area contributed by atoms with E-state index in [0.717, 1.165) is 5.69 Å². The van der Waals surface area contributed by atoms with Crippen molar-refractivity contribution in [3.8, 4) is 0 Å². The van der Waals surface area contributed by atoms with E-state index in [4.69, 9.17) is 0 Å². The van der Waals surface area contributed by atoms with E-state index >= 15 is 0 Å². The fourth-order valence-corrected chi connectivity index (χ4v) is 2.47. The van der Waals surface area contributed by atoms with Gasteiger partial charge in [0, 0.05) is 24.9 Å². The molecule has 0 bridgehead atoms. The second kappa shape index (κ2) is 5.87. The predicted octanol–water partition coefficient (Wildman–Crippen LogP) is 0.589. The van der Waals surface area contributed by atoms with E-state index in [0.29, 0.717) is 19.5 Å². The zero-order valence-electron chi connectivity index (χ0n) is 8.77. The summed E-state index contributed by atoms with van der Waals surface area (Å²) in [6.45, 7) is 2.85. The summed E-state index contributed by atoms with van der Waals surface area (Å²) in [4.78, 5) is 0. The van der Waals surface area contributed by atoms with E-state index in [-0.39, 0.29) is 11.5 Å². The van der Waals surface area contributed by atoms with Gasteiger partial charge in [-0.05, 0) is 6.42 Å². The SMILES string of the molecule is CCCS(=O)(=O)CCNCc1ccon1. The molecule has 0 radical (unpaired) electrons. The van der Waals surface area contributed by atoms with Crippen molar-refractivity contribution in [1.29, 1.82) is 0 Å². The summed E-state index contributed by atoms with van der Waals surface area (Å²) < 4.78 is 27.3. The van der Waals surface area contributed by atoms with E-state index in [1.807, 2.05) is 6.92 Å². The van der Waals surface area contributed by atoms with Crippen LogP contribution in [0.25, 0.3) is 0 Å². The summed E-state index contributed by atoms with van der Waals surface area (Å²) in [6, 6.07) is 1.74. The first kappa shape index (κ1) is 12.2. The van der Waals surface area contributed by atoms with Crippen LogP contribution >= 0.6 is 0 Å². The van der Waals surface area contributed by atoms with Crippen molar-refractivity contribution >= 4 is 9.84 Å². The molecule has 0 aliphatic rings. The third-order valence-corrected chi connectivity index (χ3v) is 3.76. The van der Waals surface area contributed by atoms with Crippen LogP contribution in [0, 0.1) is 0 Å². The first-order valence-corrected chi connectivity index (χ1v) is 6.76. The van der Waals surface area contributed by atoms with Crippen molar-refractivity contribution in [1.82, 2.24) is 10.5 Å². The highest BCUT2D eigenvalue weighted by molar-refractivity contribution is 7.91. The second-order valence-electron chi connectivity index (χ2n) is 3.32. The first-order valence-electron chi connectivity index (χ1n) is 4.94. The van der Waals surface area contributed by atoms with Crippen molar-refractivity contribution < 1.29 is 12.9 Å². The minimum atomic E-state index is -2.88. The zero-order chi connectivity index (χ0) is 11.1. The van der Waals surface area contributed by atoms with E-state index in [9.17, 15) is 8.42 Å². The standard InChI is InChI=1S/C9H16N2O3S/c1-2-6-15(12,13)7-4-10-8-9-3-5-14-11-9/h3,5,10H,2,4,6-8H2,1H3. The lowest BCUT2D eigenvalue weighted by atomic mass is 10.4. The maximum Gasteiger partial charge on any atom is 0.151 e. The van der Waals surface area contributed by atoms with E-state index in [2.05, 4.69) is 15.0 Å². The minimum Gasteiger partial charge on any atom is -0.364 e. The van der Waals surface area contributed by atoms with E-state index < -0.39 is 9.84 Å². The van der Waals surface area contributed by atoms with Crippen molar-refractivity contribution in [3.05, 3.63) is 18.0 Å². The molecule has 0 aromatic carbocycles. The Hall–Kier alpha value is -0.880. The maximum atomic E-state index is 11.3. The Bertz CT molecular complexity index is 359. The molecule has 0 saturated heterocycles. The molecule has 0 saturated carbocycles. The fraction of sp³-hybridized carbons (Fsp3) is 0.667. The molecule has 1 aromatic heterocycles. The Balaban J connectivity index is 2.17. The lowest BCUT2D eigenvalue weighted by Crippen LogP contribution is -2.24. The van der Waals surface area contributed by atoms with Gasteiger partial charge in [0.25, 0.3) is 0 Å². The van der Waals surface area contributed by atoms with Crippen LogP contribution in [0.15, 0.2) is 16.9 Å². The zero-order valence-corrected chi connectivity index (χ0v) is 9.59. The average molecular weight is 232 g/mol. The third kappa shape index (κ3) is 4.94. The summed E-state index contributed by atoms with van der Waals surface area (Å²) in [5, 5.41) is 6.70. The molecule has 0 spiro atoms. The van der Waals surface area contributed by atoms with Crippen LogP contribution in [-0.2, 0) is 16.4 Å². The van der Waals surface area contributed by atoms with Crippen LogP contribution in [0.2, 0.25) is 0 Å². The molecule has 1 rings (SSSR count). The molecule has 15 heavy (non-hydrogen) atoms. The third-order valence-electron chi connectivity index (χ3n) is 1.90. The van der Waals surface area contributed by atoms with Crippen LogP contribution in [-0.4, -0.2) is 31.6 Å². The lowest BCUT2D eigenvalue weighted by molar-refractivity contribution is 0.409. The number of sulfone groups is 1. The molecule has 0 fully saturated rings. The largest absolute Gasteiger partial charge is 0.364 e. The average Bonchev–Trinajstić information content (AvgIpc) is 2.65. The van der Waals surface area contributed by atoms with Gasteiger partial charge in [-0.3, -0.25) is 0 Å². The quantitative estimate of drug-likeness (QED) is 0.696. The first-order chi connectivity index (χ1) is 7.14. The molecule has 6 heteroatoms. The Kier molecular flexibility index (Phi) is 4.77. The van der Waals surface area contributed by atoms with E-state index in [1.165, 1.54) is 6.26 Å². The number of nitrogens with zero attached hydrogens (tertiary/aromatic N) is 1. The highest BCUT2D eigenvalue weighted by Crippen LogP contribution is 1.94. The molecule has 0 aliphatic carbocycles. The summed E-state index contributed by atoms with van der Waals surface area (Å²) in [6.07, 6.45) is 2.16. The molecule has 5 nitrogen and oxygen atoms in total. The topological polar surface area (TPSA) is 72.2 Å². The van der Waals surface area contributed by atoms with E-state index in [1.54, 1.807) is 6.07 Å². The Morgan fingerprint density at radius 1 is 1.47 bits per heavy atom. The van der Waals surface area contributed by atoms with Crippen molar-refractivity contribution in [3.63, 3.8) is 0 Å². The van der Waals surface area contributed by atoms with Gasteiger partial charge in [0.15, 0.2) is 9.84 Å². The second-order valence-corrected chi connectivity index (χ2v) is 5.62. The van der Waals surface area contributed by atoms with Gasteiger partial charge in [0.1, 0.15) is 6.26 Å². The minimum absolute atomic E-state index is 0.179. The Morgan fingerprint density at radius 3 is 2.87 bits per heavy atom. The molecule has 1 aromatic rings. The molecule has 86 valence electrons. The van der Waals surface area contributed by atoms with Gasteiger partial charge in [-0.2, -0.15) is 0 Å². The van der Waals surface area contributed by atoms with Gasteiger partial charge in [-0.15, -0.1) is 0 Å². The maximum absolute atomic E-state index is 11.3. The monoisotopic (exact) mass is 232 g/mol. The fourth-order valence-electron chi connectivity index (χ4n) is 1.19. The van der Waals surface area contributed by atoms with Gasteiger partial charge in [0.2, 0.25) is 0 Å². The number of hydrogen-bond acceptors (Lipinski definition) is 5. The number of hydrogen-bond donors (Lipinski definition) is 1. The van der Waals surface area contributed by atoms with Crippen LogP contribution in [0.5, 0.6) is 0 Å². The molecule has 0 atom stereocenters. The smallest absolute Gasteiger partial charge is 0.151 e. The van der Waals surface area contributed by atoms with Gasteiger partial charge < -0.3 is 9.84 Å². The van der Waals surface area contributed by atoms with Crippen LogP contribution in [0.3, 0.4) is 0 Å². The van der Waals surface area contributed by atoms with Gasteiger partial charge in [-0.1, -0.05) is 12.1 Å². The predicted molar refractivity (Wildman–Crippen MR) is 57.2 cm³/mol. The number of rotatable bonds is 7. The van der Waals surface area contributed by atoms with Gasteiger partial charge >= 0.3 is 0 Å². The summed E-state index contributed by atoms with van der Waals surface area (Å²) >= 11 is 0. The number of aromatic nitrogens is 1. The Morgan fingerprint density at radius 2 is 2.27 bits per heavy atom. The number of nitrogens with one attached hydrogen (secondary N) is 1. The highest BCUT2D eigenvalue weighted by atomic mass is 32.2. The molecule has 1 N–H and O–H groups in total. The molecule has 0 aliphatic heterocycles. The van der Waals surface area contributed by atoms with Gasteiger partial charge in [-0.25, -0.2) is 8.42 Å². The molecular formula is C9H16N2O3S. The van der Waals surface area contributed by atoms with Crippen molar-refractivity contribution in [2.45, 2.75) is 19.9 Å². The van der Waals surface area contributed by atoms with Crippen LogP contribution in [0.4, 0.5) is 0 Å². The Labute approximate surface area is 89.8 Å². The van der Waals surface area contributed by atoms with Crippen molar-refractivity contribution in [2.24, 2.45) is 0 Å². The lowest BCUT2D eigenvalue weighted by Gasteiger charge is -2.03. The molecule has 0 amide bonds. The summed E-state index contributed by atoms with van der Waals surface area (Å²) in [7, 11) is -2.88. The molecule has 0 unspecified atom stereocenters. The summed E-state index contributed by atoms with van der Waals surface area (Å²) in [5.74, 6) is 0.442. The van der Waals surface area contributed by atoms with Crippen LogP contribution in [0.1, 0.15) is 19.0 Å².